The Morgan fingerprint density at radius 3 is 2.19 bits per heavy atom. The van der Waals surface area contributed by atoms with Crippen molar-refractivity contribution in [3.63, 3.8) is 0 Å². The number of aromatic nitrogens is 7. The fraction of sp³-hybridized carbons (Fsp3) is 0.479. The van der Waals surface area contributed by atoms with Crippen molar-refractivity contribution < 1.29 is 61.9 Å². The summed E-state index contributed by atoms with van der Waals surface area (Å²) < 4.78 is 178. The van der Waals surface area contributed by atoms with E-state index in [9.17, 15) is 44.3 Å². The van der Waals surface area contributed by atoms with Crippen molar-refractivity contribution in [3.05, 3.63) is 103 Å². The number of fused-ring (bicyclic) bond motifs is 5. The molecular formula is C48H45ClF10N10O5S. The molecule has 6 aromatic rings. The van der Waals surface area contributed by atoms with Crippen molar-refractivity contribution in [1.82, 2.24) is 44.3 Å². The van der Waals surface area contributed by atoms with Crippen LogP contribution in [0.15, 0.2) is 41.2 Å². The van der Waals surface area contributed by atoms with Gasteiger partial charge in [-0.2, -0.15) is 19.0 Å². The Bertz CT molecular complexity index is 3480. The van der Waals surface area contributed by atoms with Gasteiger partial charge in [0.05, 0.1) is 45.8 Å². The molecule has 0 spiro atoms. The lowest BCUT2D eigenvalue weighted by atomic mass is 9.84. The molecule has 0 bridgehead atoms. The molecule has 3 aliphatic carbocycles. The van der Waals surface area contributed by atoms with E-state index in [0.29, 0.717) is 10.7 Å². The number of carbonyl (C=O) groups excluding carboxylic acids is 2. The maximum Gasteiger partial charge on any atom is 0.293 e. The molecule has 75 heavy (non-hydrogen) atoms. The molecule has 10 rings (SSSR count). The first-order valence-electron chi connectivity index (χ1n) is 23.8. The van der Waals surface area contributed by atoms with E-state index in [-0.39, 0.29) is 95.3 Å². The number of anilines is 1. The van der Waals surface area contributed by atoms with Crippen molar-refractivity contribution in [3.8, 4) is 5.69 Å². The number of rotatable bonds is 15. The Morgan fingerprint density at radius 2 is 1.55 bits per heavy atom. The van der Waals surface area contributed by atoms with Crippen LogP contribution in [0.25, 0.3) is 27.6 Å². The molecule has 5 heterocycles. The third-order valence-corrected chi connectivity index (χ3v) is 15.3. The predicted molar refractivity (Wildman–Crippen MR) is 252 cm³/mol. The number of halogens is 11. The fourth-order valence-electron chi connectivity index (χ4n) is 10.8. The minimum atomic E-state index is -4.14. The summed E-state index contributed by atoms with van der Waals surface area (Å²) >= 11 is 6.81. The number of nitrogens with zero attached hydrogens (tertiary/aromatic N) is 8. The molecule has 4 aliphatic rings. The Morgan fingerprint density at radius 1 is 0.880 bits per heavy atom. The van der Waals surface area contributed by atoms with Gasteiger partial charge in [-0.25, -0.2) is 53.5 Å². The molecule has 1 aliphatic heterocycles. The molecule has 0 unspecified atom stereocenters. The van der Waals surface area contributed by atoms with Crippen LogP contribution in [0.5, 0.6) is 0 Å². The average Bonchev–Trinajstić information content (AvgIpc) is 3.84. The summed E-state index contributed by atoms with van der Waals surface area (Å²) in [5.74, 6) is -17.4. The number of nitrogens with one attached hydrogen (secondary N) is 2. The number of likely N-dealkylation sites (tertiary alicyclic amines) is 1. The van der Waals surface area contributed by atoms with Gasteiger partial charge >= 0.3 is 0 Å². The number of carbonyl (C=O) groups is 2. The Labute approximate surface area is 424 Å². The first-order chi connectivity index (χ1) is 35.2. The predicted octanol–water partition coefficient (Wildman–Crippen LogP) is 9.10. The second kappa shape index (κ2) is 18.8. The molecule has 1 amide bonds. The lowest BCUT2D eigenvalue weighted by Gasteiger charge is -2.31. The lowest BCUT2D eigenvalue weighted by Crippen LogP contribution is -2.40. The highest BCUT2D eigenvalue weighted by Gasteiger charge is 2.67. The van der Waals surface area contributed by atoms with Gasteiger partial charge in [0.25, 0.3) is 23.8 Å². The van der Waals surface area contributed by atoms with E-state index in [2.05, 4.69) is 25.2 Å². The van der Waals surface area contributed by atoms with Crippen molar-refractivity contribution >= 4 is 61.1 Å². The minimum absolute atomic E-state index is 0.0375. The van der Waals surface area contributed by atoms with Crippen LogP contribution in [0, 0.1) is 17.6 Å². The largest absolute Gasteiger partial charge is 0.344 e. The van der Waals surface area contributed by atoms with Gasteiger partial charge in [-0.3, -0.25) is 33.0 Å². The van der Waals surface area contributed by atoms with Gasteiger partial charge < -0.3 is 10.2 Å². The Kier molecular flexibility index (Phi) is 13.1. The summed E-state index contributed by atoms with van der Waals surface area (Å²) in [5.41, 5.74) is -4.43. The summed E-state index contributed by atoms with van der Waals surface area (Å²) in [7, 11) is -4.14. The van der Waals surface area contributed by atoms with Crippen LogP contribution in [-0.4, -0.2) is 96.8 Å². The van der Waals surface area contributed by atoms with E-state index in [1.54, 1.807) is 4.90 Å². The summed E-state index contributed by atoms with van der Waals surface area (Å²) in [6, 6.07) is 4.33. The standard InChI is InChI=1S/C48H45ClF10N10O5S/c1-22(70)27-20-31(24-5-7-46(54,55)8-6-24)61-42-36(27)45(72)69(33-4-3-30(49)37-39(33)67(64-43(37)65-75(2,73)74)14-13-66-11-9-47(56,57)10-12-66)44(62-42)32(17-23-15-25(50)18-26(51)16-23)60-34(71)21-68-40-35(38(63-68)41(52)53)28-19-29(28)48(40,58)59/h3-4,15-16,18,20,24,28-29,32,41H,5-14,17,19,21H2,1-2H3,(H,60,71)(H,64,65)/t28-,29+,32-/m0/s1. The van der Waals surface area contributed by atoms with Crippen LogP contribution in [0.4, 0.5) is 49.7 Å². The molecule has 0 radical (unpaired) electrons. The highest BCUT2D eigenvalue weighted by molar-refractivity contribution is 7.92. The second-order valence-corrected chi connectivity index (χ2v) is 22.0. The summed E-state index contributed by atoms with van der Waals surface area (Å²) in [6.07, 6.45) is -5.37. The molecule has 15 nitrogen and oxygen atoms in total. The number of pyridine rings is 1. The summed E-state index contributed by atoms with van der Waals surface area (Å²) in [6.45, 7) is -0.202. The molecular weight excluding hydrogens is 1050 g/mol. The number of hydrogen-bond donors (Lipinski definition) is 2. The van der Waals surface area contributed by atoms with Gasteiger partial charge in [0.15, 0.2) is 17.2 Å². The van der Waals surface area contributed by atoms with Gasteiger partial charge in [-0.1, -0.05) is 11.6 Å². The number of sulfonamides is 1. The normalized spacial score (nSPS) is 20.6. The number of benzene rings is 2. The molecule has 27 heteroatoms. The van der Waals surface area contributed by atoms with Crippen molar-refractivity contribution in [1.29, 1.82) is 0 Å². The first-order valence-corrected chi connectivity index (χ1v) is 26.1. The zero-order valence-electron chi connectivity index (χ0n) is 39.7. The number of ketones is 1. The van der Waals surface area contributed by atoms with Crippen LogP contribution < -0.4 is 15.6 Å². The molecule has 2 saturated carbocycles. The third-order valence-electron chi connectivity index (χ3n) is 14.4. The number of hydrogen-bond acceptors (Lipinski definition) is 10. The van der Waals surface area contributed by atoms with Gasteiger partial charge in [0.2, 0.25) is 21.9 Å². The van der Waals surface area contributed by atoms with E-state index < -0.39 is 154 Å². The van der Waals surface area contributed by atoms with Gasteiger partial charge in [0, 0.05) is 86.5 Å². The van der Waals surface area contributed by atoms with Crippen molar-refractivity contribution in [2.24, 2.45) is 5.92 Å². The topological polar surface area (TPSA) is 179 Å². The molecule has 400 valence electrons. The first kappa shape index (κ1) is 52.3. The van der Waals surface area contributed by atoms with Crippen LogP contribution >= 0.6 is 11.6 Å². The quantitative estimate of drug-likeness (QED) is 0.0745. The van der Waals surface area contributed by atoms with Crippen LogP contribution in [0.3, 0.4) is 0 Å². The lowest BCUT2D eigenvalue weighted by molar-refractivity contribution is -0.123. The van der Waals surface area contributed by atoms with E-state index in [1.807, 2.05) is 0 Å². The highest BCUT2D eigenvalue weighted by Crippen LogP contribution is 2.68. The zero-order valence-corrected chi connectivity index (χ0v) is 41.3. The van der Waals surface area contributed by atoms with E-state index in [4.69, 9.17) is 16.6 Å². The molecule has 2 aromatic carbocycles. The number of alkyl halides is 8. The minimum Gasteiger partial charge on any atom is -0.344 e. The van der Waals surface area contributed by atoms with E-state index in [0.717, 1.165) is 29.9 Å². The van der Waals surface area contributed by atoms with Crippen LogP contribution in [0.1, 0.15) is 121 Å². The SMILES string of the molecule is CC(=O)c1cc(C2CCC(F)(F)CC2)nc2nc([C@H](Cc3cc(F)cc(F)c3)NC(=O)Cn3nc(C(F)F)c4c3C(F)(F)[C@@H]3C[C@H]43)n(-c3ccc(Cl)c4c(NS(C)(=O)=O)nn(CCN5CCC(F)(F)CC5)c34)c(=O)c12. The third kappa shape index (κ3) is 10.1. The molecule has 1 saturated heterocycles. The molecule has 3 fully saturated rings. The van der Waals surface area contributed by atoms with E-state index >= 15 is 22.4 Å². The van der Waals surface area contributed by atoms with Crippen molar-refractivity contribution in [2.45, 2.75) is 113 Å². The Balaban J connectivity index is 1.20. The van der Waals surface area contributed by atoms with Gasteiger partial charge in [0.1, 0.15) is 35.4 Å². The maximum atomic E-state index is 15.7. The van der Waals surface area contributed by atoms with Gasteiger partial charge in [-0.15, -0.1) is 0 Å². The summed E-state index contributed by atoms with van der Waals surface area (Å²) in [5, 5.41) is 10.1. The Hall–Kier alpha value is -6.15. The molecule has 2 N–H and O–H groups in total. The molecule has 4 aromatic heterocycles. The second-order valence-electron chi connectivity index (χ2n) is 19.8. The van der Waals surface area contributed by atoms with Crippen LogP contribution in [-0.2, 0) is 40.3 Å². The highest BCUT2D eigenvalue weighted by atomic mass is 35.5. The smallest absolute Gasteiger partial charge is 0.293 e. The molecule has 3 atom stereocenters. The van der Waals surface area contributed by atoms with E-state index in [1.165, 1.54) is 22.9 Å². The summed E-state index contributed by atoms with van der Waals surface area (Å²) in [4.78, 5) is 54.9. The van der Waals surface area contributed by atoms with Crippen LogP contribution in [0.2, 0.25) is 5.02 Å². The zero-order chi connectivity index (χ0) is 53.8. The maximum absolute atomic E-state index is 15.7. The number of Topliss-reactive ketones (excluding diaryl/α,β-unsaturated/α-hetero) is 1. The fourth-order valence-corrected chi connectivity index (χ4v) is 11.6. The number of amides is 1. The van der Waals surface area contributed by atoms with Crippen molar-refractivity contribution in [2.75, 3.05) is 30.6 Å². The monoisotopic (exact) mass is 1100 g/mol. The number of piperidine rings is 1. The average molecular weight is 1100 g/mol. The van der Waals surface area contributed by atoms with Gasteiger partial charge in [-0.05, 0) is 68.0 Å².